The number of anilines is 1. The summed E-state index contributed by atoms with van der Waals surface area (Å²) in [4.78, 5) is 27.5. The van der Waals surface area contributed by atoms with Crippen LogP contribution >= 0.6 is 0 Å². The molecule has 8 nitrogen and oxygen atoms in total. The maximum absolute atomic E-state index is 12.2. The van der Waals surface area contributed by atoms with E-state index in [1.54, 1.807) is 36.1 Å². The quantitative estimate of drug-likeness (QED) is 0.660. The zero-order valence-electron chi connectivity index (χ0n) is 16.0. The Morgan fingerprint density at radius 3 is 2.82 bits per heavy atom. The highest BCUT2D eigenvalue weighted by atomic mass is 16.6. The first-order valence-corrected chi connectivity index (χ1v) is 9.57. The van der Waals surface area contributed by atoms with Crippen molar-refractivity contribution in [2.24, 2.45) is 0 Å². The Morgan fingerprint density at radius 1 is 1.32 bits per heavy atom. The van der Waals surface area contributed by atoms with Crippen molar-refractivity contribution in [2.75, 3.05) is 44.3 Å². The smallest absolute Gasteiger partial charge is 0.414 e. The maximum Gasteiger partial charge on any atom is 0.414 e. The highest BCUT2D eigenvalue weighted by Crippen LogP contribution is 2.23. The summed E-state index contributed by atoms with van der Waals surface area (Å²) < 4.78 is 16.1. The fraction of sp³-hybridized carbons (Fsp3) is 0.550. The van der Waals surface area contributed by atoms with E-state index in [-0.39, 0.29) is 30.9 Å². The highest BCUT2D eigenvalue weighted by Gasteiger charge is 2.34. The Morgan fingerprint density at radius 2 is 2.11 bits per heavy atom. The first-order chi connectivity index (χ1) is 13.6. The van der Waals surface area contributed by atoms with Gasteiger partial charge in [-0.1, -0.05) is 0 Å². The van der Waals surface area contributed by atoms with Gasteiger partial charge in [0.15, 0.2) is 0 Å². The molecular formula is C20H25N3O5. The minimum Gasteiger partial charge on any atom is -0.464 e. The van der Waals surface area contributed by atoms with Crippen molar-refractivity contribution in [1.29, 1.82) is 5.26 Å². The molecule has 2 saturated heterocycles. The van der Waals surface area contributed by atoms with E-state index in [1.165, 1.54) is 0 Å². The van der Waals surface area contributed by atoms with Gasteiger partial charge >= 0.3 is 12.1 Å². The predicted octanol–water partition coefficient (Wildman–Crippen LogP) is 1.93. The Hall–Kier alpha value is -2.63. The SMILES string of the molecule is CCOC(=O)COC1CCCN(CC2CN(c3ccc(C#N)cc3)C(=O)O2)C1. The summed E-state index contributed by atoms with van der Waals surface area (Å²) in [6.45, 7) is 4.78. The molecule has 0 aromatic heterocycles. The average molecular weight is 387 g/mol. The summed E-state index contributed by atoms with van der Waals surface area (Å²) in [5, 5.41) is 8.89. The molecular weight excluding hydrogens is 362 g/mol. The van der Waals surface area contributed by atoms with Gasteiger partial charge in [-0.15, -0.1) is 0 Å². The molecule has 0 aliphatic carbocycles. The normalized spacial score (nSPS) is 22.6. The fourth-order valence-electron chi connectivity index (χ4n) is 3.53. The molecule has 2 unspecified atom stereocenters. The summed E-state index contributed by atoms with van der Waals surface area (Å²) in [5.41, 5.74) is 1.27. The molecule has 2 atom stereocenters. The summed E-state index contributed by atoms with van der Waals surface area (Å²) in [6, 6.07) is 8.94. The topological polar surface area (TPSA) is 92.1 Å². The minimum atomic E-state index is -0.373. The molecule has 0 bridgehead atoms. The van der Waals surface area contributed by atoms with E-state index in [2.05, 4.69) is 11.0 Å². The second-order valence-corrected chi connectivity index (χ2v) is 6.91. The molecule has 2 aliphatic heterocycles. The van der Waals surface area contributed by atoms with Crippen LogP contribution in [0.3, 0.4) is 0 Å². The first-order valence-electron chi connectivity index (χ1n) is 9.57. The average Bonchev–Trinajstić information content (AvgIpc) is 3.07. The van der Waals surface area contributed by atoms with E-state index in [4.69, 9.17) is 19.5 Å². The number of nitriles is 1. The van der Waals surface area contributed by atoms with Crippen LogP contribution in [-0.4, -0.2) is 68.6 Å². The van der Waals surface area contributed by atoms with Crippen molar-refractivity contribution in [3.63, 3.8) is 0 Å². The molecule has 0 N–H and O–H groups in total. The Balaban J connectivity index is 1.49. The number of amides is 1. The van der Waals surface area contributed by atoms with Gasteiger partial charge in [0.2, 0.25) is 0 Å². The standard InChI is InChI=1S/C20H25N3O5/c1-2-26-19(24)14-27-17-4-3-9-22(11-17)12-18-13-23(20(25)28-18)16-7-5-15(10-21)6-8-16/h5-8,17-18H,2-4,9,11-14H2,1H3. The minimum absolute atomic E-state index is 0.0233. The third-order valence-corrected chi connectivity index (χ3v) is 4.85. The third kappa shape index (κ3) is 5.21. The maximum atomic E-state index is 12.2. The van der Waals surface area contributed by atoms with E-state index < -0.39 is 0 Å². The monoisotopic (exact) mass is 387 g/mol. The van der Waals surface area contributed by atoms with Crippen molar-refractivity contribution in [3.05, 3.63) is 29.8 Å². The van der Waals surface area contributed by atoms with Crippen LogP contribution in [0.15, 0.2) is 24.3 Å². The van der Waals surface area contributed by atoms with Crippen LogP contribution < -0.4 is 4.90 Å². The zero-order valence-corrected chi connectivity index (χ0v) is 16.0. The molecule has 8 heteroatoms. The molecule has 150 valence electrons. The number of piperidine rings is 1. The third-order valence-electron chi connectivity index (χ3n) is 4.85. The number of hydrogen-bond acceptors (Lipinski definition) is 7. The van der Waals surface area contributed by atoms with Crippen molar-refractivity contribution >= 4 is 17.7 Å². The number of benzene rings is 1. The van der Waals surface area contributed by atoms with Gasteiger partial charge in [-0.05, 0) is 50.6 Å². The molecule has 3 rings (SSSR count). The van der Waals surface area contributed by atoms with Gasteiger partial charge in [0.1, 0.15) is 12.7 Å². The van der Waals surface area contributed by atoms with E-state index in [9.17, 15) is 9.59 Å². The van der Waals surface area contributed by atoms with Gasteiger partial charge in [-0.3, -0.25) is 9.80 Å². The van der Waals surface area contributed by atoms with E-state index in [0.29, 0.717) is 31.8 Å². The number of esters is 1. The van der Waals surface area contributed by atoms with Crippen molar-refractivity contribution < 1.29 is 23.8 Å². The van der Waals surface area contributed by atoms with Gasteiger partial charge in [0.25, 0.3) is 0 Å². The van der Waals surface area contributed by atoms with Crippen LogP contribution in [0.25, 0.3) is 0 Å². The van der Waals surface area contributed by atoms with Crippen LogP contribution in [-0.2, 0) is 19.0 Å². The van der Waals surface area contributed by atoms with Crippen LogP contribution in [0.5, 0.6) is 0 Å². The molecule has 28 heavy (non-hydrogen) atoms. The van der Waals surface area contributed by atoms with Gasteiger partial charge in [-0.2, -0.15) is 5.26 Å². The highest BCUT2D eigenvalue weighted by molar-refractivity contribution is 5.89. The molecule has 1 aromatic carbocycles. The molecule has 1 aromatic rings. The molecule has 2 aliphatic rings. The lowest BCUT2D eigenvalue weighted by Gasteiger charge is -2.33. The number of cyclic esters (lactones) is 1. The van der Waals surface area contributed by atoms with E-state index in [1.807, 2.05) is 0 Å². The molecule has 2 fully saturated rings. The molecule has 0 radical (unpaired) electrons. The molecule has 2 heterocycles. The van der Waals surface area contributed by atoms with Crippen LogP contribution in [0, 0.1) is 11.3 Å². The van der Waals surface area contributed by atoms with Gasteiger partial charge < -0.3 is 14.2 Å². The second kappa shape index (κ2) is 9.53. The number of likely N-dealkylation sites (tertiary alicyclic amines) is 1. The number of nitrogens with zero attached hydrogens (tertiary/aromatic N) is 3. The van der Waals surface area contributed by atoms with Crippen molar-refractivity contribution in [1.82, 2.24) is 4.90 Å². The number of hydrogen-bond donors (Lipinski definition) is 0. The predicted molar refractivity (Wildman–Crippen MR) is 101 cm³/mol. The lowest BCUT2D eigenvalue weighted by Crippen LogP contribution is -2.44. The summed E-state index contributed by atoms with van der Waals surface area (Å²) >= 11 is 0. The van der Waals surface area contributed by atoms with Crippen LogP contribution in [0.4, 0.5) is 10.5 Å². The Kier molecular flexibility index (Phi) is 6.85. The largest absolute Gasteiger partial charge is 0.464 e. The van der Waals surface area contributed by atoms with Crippen LogP contribution in [0.1, 0.15) is 25.3 Å². The molecule has 1 amide bonds. The number of carbonyl (C=O) groups is 2. The lowest BCUT2D eigenvalue weighted by atomic mass is 10.1. The number of rotatable bonds is 7. The Bertz CT molecular complexity index is 730. The fourth-order valence-corrected chi connectivity index (χ4v) is 3.53. The van der Waals surface area contributed by atoms with Crippen molar-refractivity contribution in [2.45, 2.75) is 32.0 Å². The number of carbonyl (C=O) groups excluding carboxylic acids is 2. The van der Waals surface area contributed by atoms with Gasteiger partial charge in [0, 0.05) is 18.8 Å². The second-order valence-electron chi connectivity index (χ2n) is 6.91. The number of ether oxygens (including phenoxy) is 3. The Labute approximate surface area is 164 Å². The summed E-state index contributed by atoms with van der Waals surface area (Å²) in [7, 11) is 0. The van der Waals surface area contributed by atoms with Crippen LogP contribution in [0.2, 0.25) is 0 Å². The van der Waals surface area contributed by atoms with Gasteiger partial charge in [0.05, 0.1) is 30.9 Å². The van der Waals surface area contributed by atoms with E-state index in [0.717, 1.165) is 25.1 Å². The summed E-state index contributed by atoms with van der Waals surface area (Å²) in [5.74, 6) is -0.345. The first kappa shape index (κ1) is 20.1. The molecule has 0 spiro atoms. The zero-order chi connectivity index (χ0) is 19.9. The van der Waals surface area contributed by atoms with Gasteiger partial charge in [-0.25, -0.2) is 9.59 Å². The van der Waals surface area contributed by atoms with Crippen molar-refractivity contribution in [3.8, 4) is 6.07 Å². The lowest BCUT2D eigenvalue weighted by molar-refractivity contribution is -0.151. The summed E-state index contributed by atoms with van der Waals surface area (Å²) in [6.07, 6.45) is 1.24. The molecule has 0 saturated carbocycles. The van der Waals surface area contributed by atoms with E-state index >= 15 is 0 Å².